The van der Waals surface area contributed by atoms with Crippen molar-refractivity contribution in [3.63, 3.8) is 0 Å². The van der Waals surface area contributed by atoms with Gasteiger partial charge in [0, 0.05) is 18.6 Å². The van der Waals surface area contributed by atoms with Crippen LogP contribution in [0.2, 0.25) is 0 Å². The molecule has 0 fully saturated rings. The fourth-order valence-corrected chi connectivity index (χ4v) is 1.51. The van der Waals surface area contributed by atoms with Crippen molar-refractivity contribution >= 4 is 11.7 Å². The van der Waals surface area contributed by atoms with Crippen LogP contribution in [-0.4, -0.2) is 23.1 Å². The molecule has 0 N–H and O–H groups in total. The summed E-state index contributed by atoms with van der Waals surface area (Å²) >= 11 is 0. The lowest BCUT2D eigenvalue weighted by Crippen LogP contribution is -2.21. The number of esters is 1. The number of unbranched alkanes of at least 4 members (excludes halogenated alkanes) is 1. The fourth-order valence-electron chi connectivity index (χ4n) is 1.51. The second-order valence-corrected chi connectivity index (χ2v) is 3.90. The van der Waals surface area contributed by atoms with Gasteiger partial charge in [0.25, 0.3) is 0 Å². The quantitative estimate of drug-likeness (QED) is 0.337. The van der Waals surface area contributed by atoms with Gasteiger partial charge in [0.2, 0.25) is 5.76 Å². The van der Waals surface area contributed by atoms with Gasteiger partial charge in [-0.3, -0.25) is 4.79 Å². The van der Waals surface area contributed by atoms with Crippen molar-refractivity contribution in [3.8, 4) is 0 Å². The maximum Gasteiger partial charge on any atom is 0.441 e. The molecule has 102 valence electrons. The van der Waals surface area contributed by atoms with Gasteiger partial charge in [0.1, 0.15) is 5.76 Å². The fraction of sp³-hybridized carbons (Fsp3) is 0.462. The SMILES string of the molecule is CCCCc1cc(=O)cc(C(=[N+]=[N-])C(=O)OCC)o1. The van der Waals surface area contributed by atoms with Crippen LogP contribution >= 0.6 is 0 Å². The predicted molar refractivity (Wildman–Crippen MR) is 68.0 cm³/mol. The molecule has 1 rings (SSSR count). The number of carbonyl (C=O) groups is 1. The van der Waals surface area contributed by atoms with Crippen molar-refractivity contribution in [2.75, 3.05) is 6.61 Å². The molecule has 19 heavy (non-hydrogen) atoms. The van der Waals surface area contributed by atoms with Crippen LogP contribution in [0.25, 0.3) is 5.53 Å². The third kappa shape index (κ3) is 4.19. The number of nitrogens with zero attached hydrogens (tertiary/aromatic N) is 2. The molecule has 0 unspecified atom stereocenters. The van der Waals surface area contributed by atoms with Crippen molar-refractivity contribution in [1.82, 2.24) is 0 Å². The van der Waals surface area contributed by atoms with Crippen LogP contribution in [-0.2, 0) is 16.0 Å². The minimum Gasteiger partial charge on any atom is -0.457 e. The molecule has 0 aromatic carbocycles. The lowest BCUT2D eigenvalue weighted by Gasteiger charge is -2.01. The van der Waals surface area contributed by atoms with E-state index >= 15 is 0 Å². The molecule has 6 nitrogen and oxygen atoms in total. The van der Waals surface area contributed by atoms with E-state index in [-0.39, 0.29) is 17.8 Å². The van der Waals surface area contributed by atoms with E-state index in [4.69, 9.17) is 14.7 Å². The average Bonchev–Trinajstić information content (AvgIpc) is 2.37. The first-order valence-electron chi connectivity index (χ1n) is 6.16. The van der Waals surface area contributed by atoms with Crippen molar-refractivity contribution in [3.05, 3.63) is 39.4 Å². The monoisotopic (exact) mass is 264 g/mol. The maximum absolute atomic E-state index is 11.5. The largest absolute Gasteiger partial charge is 0.457 e. The van der Waals surface area contributed by atoms with Crippen molar-refractivity contribution in [1.29, 1.82) is 0 Å². The lowest BCUT2D eigenvalue weighted by atomic mass is 10.2. The second kappa shape index (κ2) is 7.28. The summed E-state index contributed by atoms with van der Waals surface area (Å²) in [5, 5.41) is 0. The first-order valence-corrected chi connectivity index (χ1v) is 6.16. The van der Waals surface area contributed by atoms with E-state index in [9.17, 15) is 9.59 Å². The van der Waals surface area contributed by atoms with Gasteiger partial charge in [-0.25, -0.2) is 4.79 Å². The van der Waals surface area contributed by atoms with E-state index in [1.54, 1.807) is 6.92 Å². The highest BCUT2D eigenvalue weighted by Gasteiger charge is 2.28. The molecule has 0 saturated heterocycles. The van der Waals surface area contributed by atoms with Crippen LogP contribution in [0.4, 0.5) is 0 Å². The standard InChI is InChI=1S/C13H16N2O4/c1-3-5-6-10-7-9(16)8-11(19-10)12(15-14)13(17)18-4-2/h7-8H,3-6H2,1-2H3. The summed E-state index contributed by atoms with van der Waals surface area (Å²) in [6, 6.07) is 2.46. The summed E-state index contributed by atoms with van der Waals surface area (Å²) in [4.78, 5) is 25.9. The Morgan fingerprint density at radius 2 is 2.16 bits per heavy atom. The van der Waals surface area contributed by atoms with Gasteiger partial charge in [0.15, 0.2) is 5.43 Å². The zero-order valence-corrected chi connectivity index (χ0v) is 11.0. The smallest absolute Gasteiger partial charge is 0.441 e. The summed E-state index contributed by atoms with van der Waals surface area (Å²) in [7, 11) is 0. The summed E-state index contributed by atoms with van der Waals surface area (Å²) < 4.78 is 10.1. The molecular formula is C13H16N2O4. The molecule has 0 radical (unpaired) electrons. The van der Waals surface area contributed by atoms with Crippen molar-refractivity contribution in [2.24, 2.45) is 0 Å². The molecule has 0 atom stereocenters. The Labute approximate surface area is 110 Å². The van der Waals surface area contributed by atoms with E-state index in [0.29, 0.717) is 12.2 Å². The number of ether oxygens (including phenoxy) is 1. The Hall–Kier alpha value is -2.20. The van der Waals surface area contributed by atoms with Crippen LogP contribution in [0.1, 0.15) is 38.2 Å². The topological polar surface area (TPSA) is 92.9 Å². The molecule has 0 aliphatic rings. The molecule has 6 heteroatoms. The number of hydrogen-bond acceptors (Lipinski definition) is 4. The number of hydrogen-bond donors (Lipinski definition) is 0. The predicted octanol–water partition coefficient (Wildman–Crippen LogP) is 1.56. The van der Waals surface area contributed by atoms with Crippen molar-refractivity contribution in [2.45, 2.75) is 33.1 Å². The zero-order valence-electron chi connectivity index (χ0n) is 11.0. The number of carbonyl (C=O) groups excluding carboxylic acids is 1. The molecular weight excluding hydrogens is 248 g/mol. The highest BCUT2D eigenvalue weighted by molar-refractivity contribution is 6.39. The molecule has 0 spiro atoms. The normalized spacial score (nSPS) is 9.79. The lowest BCUT2D eigenvalue weighted by molar-refractivity contribution is -0.139. The van der Waals surface area contributed by atoms with E-state index in [2.05, 4.69) is 4.79 Å². The first-order chi connectivity index (χ1) is 9.12. The van der Waals surface area contributed by atoms with E-state index in [0.717, 1.165) is 18.9 Å². The third-order valence-electron chi connectivity index (χ3n) is 2.40. The summed E-state index contributed by atoms with van der Waals surface area (Å²) in [6.07, 6.45) is 2.39. The summed E-state index contributed by atoms with van der Waals surface area (Å²) in [6.45, 7) is 3.78. The minimum absolute atomic E-state index is 0.0837. The van der Waals surface area contributed by atoms with Gasteiger partial charge in [-0.1, -0.05) is 13.3 Å². The van der Waals surface area contributed by atoms with Gasteiger partial charge in [0.05, 0.1) is 6.61 Å². The van der Waals surface area contributed by atoms with Crippen LogP contribution in [0.5, 0.6) is 0 Å². The van der Waals surface area contributed by atoms with Gasteiger partial charge in [-0.2, -0.15) is 4.79 Å². The molecule has 0 saturated carbocycles. The first kappa shape index (κ1) is 14.9. The van der Waals surface area contributed by atoms with Gasteiger partial charge in [-0.05, 0) is 13.3 Å². The Balaban J connectivity index is 3.11. The van der Waals surface area contributed by atoms with E-state index in [1.807, 2.05) is 6.92 Å². The van der Waals surface area contributed by atoms with Crippen LogP contribution in [0, 0.1) is 0 Å². The highest BCUT2D eigenvalue weighted by atomic mass is 16.5. The Kier molecular flexibility index (Phi) is 5.70. The average molecular weight is 264 g/mol. The molecule has 1 heterocycles. The molecule has 1 aromatic rings. The highest BCUT2D eigenvalue weighted by Crippen LogP contribution is 2.07. The Morgan fingerprint density at radius 3 is 2.74 bits per heavy atom. The Bertz CT molecular complexity index is 556. The van der Waals surface area contributed by atoms with Crippen molar-refractivity contribution < 1.29 is 18.7 Å². The van der Waals surface area contributed by atoms with Crippen LogP contribution in [0.15, 0.2) is 21.3 Å². The van der Waals surface area contributed by atoms with Crippen LogP contribution < -0.4 is 5.43 Å². The molecule has 1 aromatic heterocycles. The van der Waals surface area contributed by atoms with Gasteiger partial charge >= 0.3 is 11.7 Å². The Morgan fingerprint density at radius 1 is 1.42 bits per heavy atom. The minimum atomic E-state index is -0.833. The van der Waals surface area contributed by atoms with Gasteiger partial charge in [-0.15, -0.1) is 0 Å². The molecule has 0 aliphatic heterocycles. The summed E-state index contributed by atoms with van der Waals surface area (Å²) in [5.41, 5.74) is 8.15. The zero-order chi connectivity index (χ0) is 14.3. The summed E-state index contributed by atoms with van der Waals surface area (Å²) in [5.74, 6) is -0.463. The molecule has 0 bridgehead atoms. The molecule has 0 amide bonds. The maximum atomic E-state index is 11.5. The number of aryl methyl sites for hydroxylation is 1. The third-order valence-corrected chi connectivity index (χ3v) is 2.40. The number of rotatable bonds is 6. The molecule has 0 aliphatic carbocycles. The van der Waals surface area contributed by atoms with E-state index < -0.39 is 11.7 Å². The van der Waals surface area contributed by atoms with E-state index in [1.165, 1.54) is 6.07 Å². The van der Waals surface area contributed by atoms with Gasteiger partial charge < -0.3 is 14.7 Å². The van der Waals surface area contributed by atoms with Crippen LogP contribution in [0.3, 0.4) is 0 Å². The second-order valence-electron chi connectivity index (χ2n) is 3.90.